The predicted molar refractivity (Wildman–Crippen MR) is 87.9 cm³/mol. The minimum absolute atomic E-state index is 0.00176. The largest absolute Gasteiger partial charge is 0.0955 e. The van der Waals surface area contributed by atoms with E-state index in [1.165, 1.54) is 22.3 Å². The molecule has 2 aliphatic carbocycles. The number of hydrogen-bond acceptors (Lipinski definition) is 0. The molecule has 2 aromatic carbocycles. The fourth-order valence-corrected chi connectivity index (χ4v) is 4.95. The van der Waals surface area contributed by atoms with Gasteiger partial charge in [-0.15, -0.1) is 0 Å². The van der Waals surface area contributed by atoms with E-state index in [2.05, 4.69) is 92.5 Å². The Morgan fingerprint density at radius 2 is 1.11 bits per heavy atom. The van der Waals surface area contributed by atoms with Gasteiger partial charge in [-0.1, -0.05) is 92.5 Å². The normalized spacial score (nSPS) is 27.3. The lowest BCUT2D eigenvalue weighted by Gasteiger charge is -2.11. The lowest BCUT2D eigenvalue weighted by molar-refractivity contribution is 1.02. The Kier molecular flexibility index (Phi) is 2.55. The van der Waals surface area contributed by atoms with Crippen molar-refractivity contribution in [3.05, 3.63) is 70.8 Å². The molecule has 0 saturated heterocycles. The second-order valence-electron chi connectivity index (χ2n) is 5.22. The van der Waals surface area contributed by atoms with E-state index in [0.29, 0.717) is 11.8 Å². The Labute approximate surface area is 129 Å². The molecule has 0 amide bonds. The zero-order chi connectivity index (χ0) is 13.0. The zero-order valence-electron chi connectivity index (χ0n) is 10.2. The Balaban J connectivity index is 1.99. The van der Waals surface area contributed by atoms with Gasteiger partial charge in [-0.05, 0) is 22.3 Å². The van der Waals surface area contributed by atoms with Gasteiger partial charge < -0.3 is 0 Å². The summed E-state index contributed by atoms with van der Waals surface area (Å²) in [4.78, 5) is 0. The smallest absolute Gasteiger partial charge is 0.0713 e. The summed E-state index contributed by atoms with van der Waals surface area (Å²) in [6.45, 7) is 0. The van der Waals surface area contributed by atoms with Crippen LogP contribution in [0, 0.1) is 0 Å². The quantitative estimate of drug-likeness (QED) is 0.530. The van der Waals surface area contributed by atoms with Crippen LogP contribution in [0.3, 0.4) is 0 Å². The van der Waals surface area contributed by atoms with Gasteiger partial charge in [0.25, 0.3) is 0 Å². The van der Waals surface area contributed by atoms with E-state index >= 15 is 0 Å². The standard InChI is InChI=1S/C17H12Br2/c18-17(19)15-13-7-3-1-5-11(13)9-10-12-6-2-4-8-14(12)16(15)17/h1-10,15-16H/b10-9-. The fourth-order valence-electron chi connectivity index (χ4n) is 3.17. The molecule has 2 aliphatic rings. The number of alkyl halides is 2. The van der Waals surface area contributed by atoms with E-state index in [4.69, 9.17) is 0 Å². The van der Waals surface area contributed by atoms with E-state index in [-0.39, 0.29) is 3.23 Å². The topological polar surface area (TPSA) is 0 Å². The molecule has 19 heavy (non-hydrogen) atoms. The molecule has 0 N–H and O–H groups in total. The molecule has 0 heterocycles. The molecule has 1 fully saturated rings. The maximum atomic E-state index is 3.88. The van der Waals surface area contributed by atoms with Crippen LogP contribution in [0.2, 0.25) is 0 Å². The summed E-state index contributed by atoms with van der Waals surface area (Å²) in [6, 6.07) is 17.4. The van der Waals surface area contributed by atoms with E-state index in [1.807, 2.05) is 0 Å². The molecule has 0 bridgehead atoms. The fraction of sp³-hybridized carbons (Fsp3) is 0.176. The second-order valence-corrected chi connectivity index (χ2v) is 8.91. The van der Waals surface area contributed by atoms with Crippen molar-refractivity contribution in [3.63, 3.8) is 0 Å². The number of rotatable bonds is 0. The van der Waals surface area contributed by atoms with Gasteiger partial charge in [0, 0.05) is 11.8 Å². The van der Waals surface area contributed by atoms with Crippen molar-refractivity contribution in [1.82, 2.24) is 0 Å². The third-order valence-electron chi connectivity index (χ3n) is 4.16. The molecule has 2 aromatic rings. The average Bonchev–Trinajstić information content (AvgIpc) is 2.96. The first-order valence-electron chi connectivity index (χ1n) is 6.43. The highest BCUT2D eigenvalue weighted by Gasteiger charge is 2.63. The number of fused-ring (bicyclic) bond motifs is 5. The molecule has 2 unspecified atom stereocenters. The first-order chi connectivity index (χ1) is 9.19. The van der Waals surface area contributed by atoms with Gasteiger partial charge in [-0.25, -0.2) is 0 Å². The second kappa shape index (κ2) is 4.07. The Bertz CT molecular complexity index is 628. The third-order valence-corrected chi connectivity index (χ3v) is 6.13. The van der Waals surface area contributed by atoms with E-state index in [9.17, 15) is 0 Å². The molecular weight excluding hydrogens is 364 g/mol. The molecule has 2 heteroatoms. The van der Waals surface area contributed by atoms with Crippen molar-refractivity contribution in [3.8, 4) is 0 Å². The minimum Gasteiger partial charge on any atom is -0.0713 e. The number of halogens is 2. The van der Waals surface area contributed by atoms with Crippen LogP contribution in [0.4, 0.5) is 0 Å². The van der Waals surface area contributed by atoms with Gasteiger partial charge in [0.05, 0.1) is 3.23 Å². The lowest BCUT2D eigenvalue weighted by atomic mass is 9.93. The Morgan fingerprint density at radius 1 is 0.684 bits per heavy atom. The first-order valence-corrected chi connectivity index (χ1v) is 8.02. The molecule has 94 valence electrons. The van der Waals surface area contributed by atoms with Gasteiger partial charge in [0.15, 0.2) is 0 Å². The van der Waals surface area contributed by atoms with Crippen LogP contribution in [0.15, 0.2) is 48.5 Å². The summed E-state index contributed by atoms with van der Waals surface area (Å²) in [5.74, 6) is 0.990. The molecular formula is C17H12Br2. The molecule has 0 nitrogen and oxygen atoms in total. The van der Waals surface area contributed by atoms with Gasteiger partial charge in [-0.3, -0.25) is 0 Å². The van der Waals surface area contributed by atoms with E-state index < -0.39 is 0 Å². The van der Waals surface area contributed by atoms with Crippen LogP contribution >= 0.6 is 31.9 Å². The number of benzene rings is 2. The molecule has 0 aromatic heterocycles. The Hall–Kier alpha value is -0.860. The van der Waals surface area contributed by atoms with Crippen LogP contribution in [0.1, 0.15) is 34.1 Å². The first kappa shape index (κ1) is 11.9. The molecule has 1 saturated carbocycles. The van der Waals surface area contributed by atoms with Crippen LogP contribution in [-0.2, 0) is 0 Å². The zero-order valence-corrected chi connectivity index (χ0v) is 13.4. The average molecular weight is 376 g/mol. The maximum absolute atomic E-state index is 3.88. The maximum Gasteiger partial charge on any atom is 0.0955 e. The molecule has 0 aliphatic heterocycles. The predicted octanol–water partition coefficient (Wildman–Crippen LogP) is 5.54. The summed E-state index contributed by atoms with van der Waals surface area (Å²) < 4.78 is -0.00176. The molecule has 4 rings (SSSR count). The SMILES string of the molecule is BrC1(Br)C2c3ccccc3/C=C\c3ccccc3C21. The van der Waals surface area contributed by atoms with Crippen molar-refractivity contribution < 1.29 is 0 Å². The van der Waals surface area contributed by atoms with Crippen LogP contribution < -0.4 is 0 Å². The van der Waals surface area contributed by atoms with Crippen molar-refractivity contribution in [2.24, 2.45) is 0 Å². The van der Waals surface area contributed by atoms with Crippen molar-refractivity contribution in [1.29, 1.82) is 0 Å². The summed E-state index contributed by atoms with van der Waals surface area (Å²) >= 11 is 7.76. The summed E-state index contributed by atoms with van der Waals surface area (Å²) in [6.07, 6.45) is 4.47. The van der Waals surface area contributed by atoms with Crippen molar-refractivity contribution in [2.75, 3.05) is 0 Å². The highest BCUT2D eigenvalue weighted by molar-refractivity contribution is 9.25. The van der Waals surface area contributed by atoms with E-state index in [0.717, 1.165) is 0 Å². The highest BCUT2D eigenvalue weighted by Crippen LogP contribution is 2.73. The minimum atomic E-state index is -0.00176. The molecule has 0 spiro atoms. The Morgan fingerprint density at radius 3 is 1.58 bits per heavy atom. The lowest BCUT2D eigenvalue weighted by Crippen LogP contribution is -1.93. The number of hydrogen-bond donors (Lipinski definition) is 0. The summed E-state index contributed by atoms with van der Waals surface area (Å²) in [7, 11) is 0. The van der Waals surface area contributed by atoms with Gasteiger partial charge >= 0.3 is 0 Å². The van der Waals surface area contributed by atoms with Crippen LogP contribution in [0.5, 0.6) is 0 Å². The summed E-state index contributed by atoms with van der Waals surface area (Å²) in [5.41, 5.74) is 5.50. The monoisotopic (exact) mass is 374 g/mol. The molecule has 2 atom stereocenters. The third kappa shape index (κ3) is 1.70. The van der Waals surface area contributed by atoms with E-state index in [1.54, 1.807) is 0 Å². The van der Waals surface area contributed by atoms with Gasteiger partial charge in [-0.2, -0.15) is 0 Å². The van der Waals surface area contributed by atoms with Crippen LogP contribution in [-0.4, -0.2) is 3.23 Å². The molecule has 0 radical (unpaired) electrons. The van der Waals surface area contributed by atoms with Crippen molar-refractivity contribution >= 4 is 44.0 Å². The highest BCUT2D eigenvalue weighted by atomic mass is 79.9. The van der Waals surface area contributed by atoms with Gasteiger partial charge in [0.1, 0.15) is 0 Å². The van der Waals surface area contributed by atoms with Crippen LogP contribution in [0.25, 0.3) is 12.2 Å². The van der Waals surface area contributed by atoms with Crippen molar-refractivity contribution in [2.45, 2.75) is 15.1 Å². The van der Waals surface area contributed by atoms with Gasteiger partial charge in [0.2, 0.25) is 0 Å². The summed E-state index contributed by atoms with van der Waals surface area (Å²) in [5, 5.41) is 0.